The Balaban J connectivity index is 2.78. The minimum Gasteiger partial charge on any atom is -0.468 e. The van der Waals surface area contributed by atoms with Crippen molar-refractivity contribution in [3.63, 3.8) is 0 Å². The fourth-order valence-electron chi connectivity index (χ4n) is 1.05. The highest BCUT2D eigenvalue weighted by atomic mass is 16.5. The number of nitriles is 1. The van der Waals surface area contributed by atoms with E-state index in [0.717, 1.165) is 0 Å². The molecule has 0 aliphatic rings. The van der Waals surface area contributed by atoms with Crippen LogP contribution in [-0.2, 0) is 9.53 Å². The van der Waals surface area contributed by atoms with Crippen molar-refractivity contribution in [1.29, 1.82) is 5.26 Å². The van der Waals surface area contributed by atoms with Crippen LogP contribution in [0.15, 0.2) is 24.3 Å². The molecule has 0 atom stereocenters. The molecule has 1 rings (SSSR count). The number of carbonyl (C=O) groups is 1. The molecular weight excluding hydrogens is 194 g/mol. The molecule has 0 amide bonds. The summed E-state index contributed by atoms with van der Waals surface area (Å²) >= 11 is 0. The lowest BCUT2D eigenvalue weighted by Gasteiger charge is -2.16. The van der Waals surface area contributed by atoms with Crippen molar-refractivity contribution < 1.29 is 9.53 Å². The molecule has 78 valence electrons. The first kappa shape index (κ1) is 11.0. The molecular formula is C10H11N3O2. The summed E-state index contributed by atoms with van der Waals surface area (Å²) in [6, 6.07) is 8.66. The maximum Gasteiger partial charge on any atom is 0.326 e. The normalized spacial score (nSPS) is 9.13. The SMILES string of the molecule is COC(=O)CN(N)c1cccc(C#N)c1. The third-order valence-corrected chi connectivity index (χ3v) is 1.83. The van der Waals surface area contributed by atoms with E-state index < -0.39 is 5.97 Å². The molecule has 1 aromatic rings. The van der Waals surface area contributed by atoms with Gasteiger partial charge in [0, 0.05) is 0 Å². The van der Waals surface area contributed by atoms with E-state index >= 15 is 0 Å². The van der Waals surface area contributed by atoms with Gasteiger partial charge in [0.25, 0.3) is 0 Å². The summed E-state index contributed by atoms with van der Waals surface area (Å²) in [7, 11) is 1.29. The van der Waals surface area contributed by atoms with E-state index in [2.05, 4.69) is 4.74 Å². The average Bonchev–Trinajstić information content (AvgIpc) is 2.28. The summed E-state index contributed by atoms with van der Waals surface area (Å²) in [6.07, 6.45) is 0. The molecule has 1 aromatic carbocycles. The van der Waals surface area contributed by atoms with Crippen molar-refractivity contribution in [2.24, 2.45) is 5.84 Å². The van der Waals surface area contributed by atoms with Gasteiger partial charge in [0.05, 0.1) is 24.4 Å². The zero-order valence-corrected chi connectivity index (χ0v) is 8.30. The van der Waals surface area contributed by atoms with E-state index in [-0.39, 0.29) is 6.54 Å². The van der Waals surface area contributed by atoms with Gasteiger partial charge in [-0.05, 0) is 18.2 Å². The Morgan fingerprint density at radius 2 is 2.40 bits per heavy atom. The number of benzene rings is 1. The molecule has 0 saturated carbocycles. The van der Waals surface area contributed by atoms with E-state index in [9.17, 15) is 4.79 Å². The Bertz CT molecular complexity index is 398. The zero-order valence-electron chi connectivity index (χ0n) is 8.30. The number of carbonyl (C=O) groups excluding carboxylic acids is 1. The van der Waals surface area contributed by atoms with Crippen LogP contribution in [0.25, 0.3) is 0 Å². The Kier molecular flexibility index (Phi) is 3.66. The monoisotopic (exact) mass is 205 g/mol. The predicted molar refractivity (Wildman–Crippen MR) is 54.7 cm³/mol. The fourth-order valence-corrected chi connectivity index (χ4v) is 1.05. The summed E-state index contributed by atoms with van der Waals surface area (Å²) < 4.78 is 4.47. The molecule has 2 N–H and O–H groups in total. The molecule has 0 radical (unpaired) electrons. The van der Waals surface area contributed by atoms with Gasteiger partial charge in [0.2, 0.25) is 0 Å². The van der Waals surface area contributed by atoms with E-state index in [1.807, 2.05) is 6.07 Å². The van der Waals surface area contributed by atoms with E-state index in [1.54, 1.807) is 24.3 Å². The Hall–Kier alpha value is -2.06. The molecule has 0 heterocycles. The maximum absolute atomic E-state index is 10.9. The highest BCUT2D eigenvalue weighted by molar-refractivity contribution is 5.75. The lowest BCUT2D eigenvalue weighted by Crippen LogP contribution is -2.36. The van der Waals surface area contributed by atoms with Crippen LogP contribution >= 0.6 is 0 Å². The van der Waals surface area contributed by atoms with Gasteiger partial charge in [-0.15, -0.1) is 0 Å². The summed E-state index contributed by atoms with van der Waals surface area (Å²) in [5.74, 6) is 5.19. The van der Waals surface area contributed by atoms with E-state index in [1.165, 1.54) is 12.1 Å². The van der Waals surface area contributed by atoms with Crippen LogP contribution in [-0.4, -0.2) is 19.6 Å². The highest BCUT2D eigenvalue weighted by Crippen LogP contribution is 2.12. The topological polar surface area (TPSA) is 79.3 Å². The standard InChI is InChI=1S/C10H11N3O2/c1-15-10(14)7-13(12)9-4-2-3-8(5-9)6-11/h2-5H,7,12H2,1H3. The maximum atomic E-state index is 10.9. The Labute approximate surface area is 87.6 Å². The van der Waals surface area contributed by atoms with Crippen LogP contribution in [0.4, 0.5) is 5.69 Å². The number of nitrogens with zero attached hydrogens (tertiary/aromatic N) is 2. The zero-order chi connectivity index (χ0) is 11.3. The number of rotatable bonds is 3. The van der Waals surface area contributed by atoms with Crippen molar-refractivity contribution in [1.82, 2.24) is 0 Å². The Morgan fingerprint density at radius 3 is 3.00 bits per heavy atom. The molecule has 0 fully saturated rings. The van der Waals surface area contributed by atoms with Gasteiger partial charge in [-0.25, -0.2) is 5.84 Å². The lowest BCUT2D eigenvalue weighted by atomic mass is 10.2. The molecule has 5 nitrogen and oxygen atoms in total. The number of hydrazine groups is 1. The number of ether oxygens (including phenoxy) is 1. The van der Waals surface area contributed by atoms with Crippen LogP contribution in [0.1, 0.15) is 5.56 Å². The molecule has 0 spiro atoms. The van der Waals surface area contributed by atoms with Crippen LogP contribution in [0.2, 0.25) is 0 Å². The second-order valence-electron chi connectivity index (χ2n) is 2.87. The van der Waals surface area contributed by atoms with Gasteiger partial charge in [-0.2, -0.15) is 5.26 Å². The molecule has 5 heteroatoms. The molecule has 0 aliphatic heterocycles. The van der Waals surface area contributed by atoms with Crippen LogP contribution in [0.5, 0.6) is 0 Å². The molecule has 0 bridgehead atoms. The number of esters is 1. The highest BCUT2D eigenvalue weighted by Gasteiger charge is 2.07. The predicted octanol–water partition coefficient (Wildman–Crippen LogP) is 0.411. The smallest absolute Gasteiger partial charge is 0.326 e. The first-order valence-corrected chi connectivity index (χ1v) is 4.26. The van der Waals surface area contributed by atoms with Crippen molar-refractivity contribution in [3.8, 4) is 6.07 Å². The molecule has 0 unspecified atom stereocenters. The Morgan fingerprint density at radius 1 is 1.67 bits per heavy atom. The summed E-state index contributed by atoms with van der Waals surface area (Å²) in [5.41, 5.74) is 1.09. The van der Waals surface area contributed by atoms with E-state index in [0.29, 0.717) is 11.3 Å². The average molecular weight is 205 g/mol. The van der Waals surface area contributed by atoms with Gasteiger partial charge in [-0.1, -0.05) is 6.07 Å². The molecule has 0 aliphatic carbocycles. The second-order valence-corrected chi connectivity index (χ2v) is 2.87. The number of methoxy groups -OCH3 is 1. The van der Waals surface area contributed by atoms with Crippen molar-refractivity contribution in [2.75, 3.05) is 18.7 Å². The third-order valence-electron chi connectivity index (χ3n) is 1.83. The molecule has 0 aromatic heterocycles. The van der Waals surface area contributed by atoms with Gasteiger partial charge in [0.15, 0.2) is 0 Å². The number of nitrogens with two attached hydrogens (primary N) is 1. The summed E-state index contributed by atoms with van der Waals surface area (Å²) in [4.78, 5) is 10.9. The third kappa shape index (κ3) is 2.97. The van der Waals surface area contributed by atoms with Gasteiger partial charge in [0.1, 0.15) is 6.54 Å². The van der Waals surface area contributed by atoms with Crippen molar-refractivity contribution in [3.05, 3.63) is 29.8 Å². The summed E-state index contributed by atoms with van der Waals surface area (Å²) in [5, 5.41) is 9.90. The van der Waals surface area contributed by atoms with Crippen LogP contribution in [0.3, 0.4) is 0 Å². The first-order valence-electron chi connectivity index (χ1n) is 4.26. The quantitative estimate of drug-likeness (QED) is 0.439. The van der Waals surface area contributed by atoms with Crippen molar-refractivity contribution in [2.45, 2.75) is 0 Å². The summed E-state index contributed by atoms with van der Waals surface area (Å²) in [6.45, 7) is -0.0502. The van der Waals surface area contributed by atoms with Gasteiger partial charge < -0.3 is 4.74 Å². The fraction of sp³-hybridized carbons (Fsp3) is 0.200. The largest absolute Gasteiger partial charge is 0.468 e. The number of anilines is 1. The number of hydrogen-bond acceptors (Lipinski definition) is 5. The van der Waals surface area contributed by atoms with Gasteiger partial charge >= 0.3 is 5.97 Å². The first-order chi connectivity index (χ1) is 7.17. The molecule has 0 saturated heterocycles. The minimum atomic E-state index is -0.431. The van der Waals surface area contributed by atoms with Gasteiger partial charge in [-0.3, -0.25) is 9.80 Å². The van der Waals surface area contributed by atoms with E-state index in [4.69, 9.17) is 11.1 Å². The van der Waals surface area contributed by atoms with Crippen molar-refractivity contribution >= 4 is 11.7 Å². The van der Waals surface area contributed by atoms with Crippen LogP contribution < -0.4 is 10.9 Å². The van der Waals surface area contributed by atoms with Crippen LogP contribution in [0, 0.1) is 11.3 Å². The lowest BCUT2D eigenvalue weighted by molar-refractivity contribution is -0.138. The molecule has 15 heavy (non-hydrogen) atoms. The minimum absolute atomic E-state index is 0.0502. The second kappa shape index (κ2) is 4.98. The number of hydrogen-bond donors (Lipinski definition) is 1.